The van der Waals surface area contributed by atoms with E-state index in [-0.39, 0.29) is 6.04 Å². The van der Waals surface area contributed by atoms with Crippen molar-refractivity contribution in [3.63, 3.8) is 0 Å². The monoisotopic (exact) mass is 325 g/mol. The van der Waals surface area contributed by atoms with Gasteiger partial charge in [0.1, 0.15) is 0 Å². The van der Waals surface area contributed by atoms with E-state index in [2.05, 4.69) is 31.2 Å². The number of aromatic nitrogens is 2. The predicted molar refractivity (Wildman–Crippen MR) is 76.7 cm³/mol. The summed E-state index contributed by atoms with van der Waals surface area (Å²) in [6.45, 7) is 0. The van der Waals surface area contributed by atoms with Crippen LogP contribution in [-0.2, 0) is 6.42 Å². The largest absolute Gasteiger partial charge is 0.311 e. The molecule has 1 unspecified atom stereocenters. The molecule has 0 radical (unpaired) electrons. The molecule has 0 bridgehead atoms. The molecule has 5 heteroatoms. The third kappa shape index (κ3) is 3.28. The van der Waals surface area contributed by atoms with Gasteiger partial charge < -0.3 is 5.32 Å². The van der Waals surface area contributed by atoms with E-state index in [4.69, 9.17) is 11.6 Å². The summed E-state index contributed by atoms with van der Waals surface area (Å²) in [5.41, 5.74) is 1.99. The van der Waals surface area contributed by atoms with Crippen LogP contribution < -0.4 is 5.32 Å². The summed E-state index contributed by atoms with van der Waals surface area (Å²) >= 11 is 9.59. The van der Waals surface area contributed by atoms with Crippen LogP contribution in [-0.4, -0.2) is 17.0 Å². The molecule has 0 spiro atoms. The number of likely N-dealkylation sites (N-methyl/N-ethyl adjacent to an activating group) is 1. The molecule has 0 aromatic carbocycles. The van der Waals surface area contributed by atoms with Crippen molar-refractivity contribution >= 4 is 27.5 Å². The molecule has 0 aliphatic carbocycles. The molecule has 0 fully saturated rings. The minimum absolute atomic E-state index is 0.0785. The second kappa shape index (κ2) is 6.27. The van der Waals surface area contributed by atoms with Crippen LogP contribution in [0.2, 0.25) is 5.02 Å². The van der Waals surface area contributed by atoms with Gasteiger partial charge in [-0.3, -0.25) is 9.97 Å². The average molecular weight is 327 g/mol. The van der Waals surface area contributed by atoms with Gasteiger partial charge in [-0.1, -0.05) is 11.6 Å². The number of nitrogens with zero attached hydrogens (tertiary/aromatic N) is 2. The van der Waals surface area contributed by atoms with Gasteiger partial charge in [0.05, 0.1) is 16.8 Å². The van der Waals surface area contributed by atoms with Gasteiger partial charge in [-0.25, -0.2) is 0 Å². The Morgan fingerprint density at radius 1 is 1.44 bits per heavy atom. The molecule has 1 atom stereocenters. The second-order valence-electron chi connectivity index (χ2n) is 3.93. The van der Waals surface area contributed by atoms with E-state index in [1.165, 1.54) is 0 Å². The summed E-state index contributed by atoms with van der Waals surface area (Å²) in [5, 5.41) is 3.92. The normalized spacial score (nSPS) is 12.4. The summed E-state index contributed by atoms with van der Waals surface area (Å²) in [5.74, 6) is 0. The zero-order valence-electron chi connectivity index (χ0n) is 9.90. The van der Waals surface area contributed by atoms with Gasteiger partial charge in [0.15, 0.2) is 0 Å². The highest BCUT2D eigenvalue weighted by Gasteiger charge is 2.14. The molecule has 3 nitrogen and oxygen atoms in total. The highest BCUT2D eigenvalue weighted by atomic mass is 79.9. The molecule has 2 aromatic heterocycles. The van der Waals surface area contributed by atoms with Gasteiger partial charge in [-0.15, -0.1) is 0 Å². The summed E-state index contributed by atoms with van der Waals surface area (Å²) in [6, 6.07) is 5.82. The van der Waals surface area contributed by atoms with Crippen molar-refractivity contribution in [2.45, 2.75) is 12.5 Å². The van der Waals surface area contributed by atoms with Crippen LogP contribution >= 0.6 is 27.5 Å². The van der Waals surface area contributed by atoms with E-state index in [9.17, 15) is 0 Å². The Morgan fingerprint density at radius 2 is 2.28 bits per heavy atom. The zero-order chi connectivity index (χ0) is 13.0. The van der Waals surface area contributed by atoms with Gasteiger partial charge in [0, 0.05) is 23.1 Å². The van der Waals surface area contributed by atoms with Crippen molar-refractivity contribution in [1.82, 2.24) is 15.3 Å². The van der Waals surface area contributed by atoms with Crippen molar-refractivity contribution in [1.29, 1.82) is 0 Å². The minimum atomic E-state index is 0.0785. The lowest BCUT2D eigenvalue weighted by Gasteiger charge is -2.16. The quantitative estimate of drug-likeness (QED) is 0.936. The Hall–Kier alpha value is -0.970. The molecule has 0 amide bonds. The van der Waals surface area contributed by atoms with Crippen molar-refractivity contribution < 1.29 is 0 Å². The molecule has 0 aliphatic heterocycles. The van der Waals surface area contributed by atoms with Crippen molar-refractivity contribution in [3.8, 4) is 0 Å². The second-order valence-corrected chi connectivity index (χ2v) is 5.25. The lowest BCUT2D eigenvalue weighted by molar-refractivity contribution is 0.575. The zero-order valence-corrected chi connectivity index (χ0v) is 12.2. The molecular formula is C13H13BrClN3. The third-order valence-electron chi connectivity index (χ3n) is 2.67. The maximum Gasteiger partial charge on any atom is 0.0762 e. The molecule has 0 aliphatic rings. The Labute approximate surface area is 120 Å². The lowest BCUT2D eigenvalue weighted by Crippen LogP contribution is -2.20. The lowest BCUT2D eigenvalue weighted by atomic mass is 10.0. The number of halogens is 2. The topological polar surface area (TPSA) is 37.8 Å². The first kappa shape index (κ1) is 13.5. The Balaban J connectivity index is 2.23. The molecule has 2 heterocycles. The van der Waals surface area contributed by atoms with Crippen LogP contribution in [0, 0.1) is 0 Å². The fourth-order valence-electron chi connectivity index (χ4n) is 1.79. The molecule has 94 valence electrons. The Kier molecular flexibility index (Phi) is 4.69. The number of hydrogen-bond acceptors (Lipinski definition) is 3. The first-order valence-electron chi connectivity index (χ1n) is 5.58. The minimum Gasteiger partial charge on any atom is -0.311 e. The van der Waals surface area contributed by atoms with Crippen LogP contribution in [0.5, 0.6) is 0 Å². The highest BCUT2D eigenvalue weighted by molar-refractivity contribution is 9.10. The number of rotatable bonds is 4. The van der Waals surface area contributed by atoms with Gasteiger partial charge >= 0.3 is 0 Å². The van der Waals surface area contributed by atoms with Gasteiger partial charge in [0.25, 0.3) is 0 Å². The average Bonchev–Trinajstić information content (AvgIpc) is 2.37. The molecule has 0 saturated heterocycles. The van der Waals surface area contributed by atoms with E-state index >= 15 is 0 Å². The summed E-state index contributed by atoms with van der Waals surface area (Å²) < 4.78 is 0.974. The SMILES string of the molecule is CNC(Cc1cncc(Br)c1)c1ncccc1Cl. The van der Waals surface area contributed by atoms with Crippen molar-refractivity contribution in [2.24, 2.45) is 0 Å². The highest BCUT2D eigenvalue weighted by Crippen LogP contribution is 2.23. The smallest absolute Gasteiger partial charge is 0.0762 e. The predicted octanol–water partition coefficient (Wildman–Crippen LogP) is 3.40. The van der Waals surface area contributed by atoms with Crippen LogP contribution in [0.4, 0.5) is 0 Å². The first-order chi connectivity index (χ1) is 8.70. The van der Waals surface area contributed by atoms with Gasteiger partial charge in [0.2, 0.25) is 0 Å². The summed E-state index contributed by atoms with van der Waals surface area (Å²) in [4.78, 5) is 8.50. The first-order valence-corrected chi connectivity index (χ1v) is 6.75. The summed E-state index contributed by atoms with van der Waals surface area (Å²) in [6.07, 6.45) is 6.17. The van der Waals surface area contributed by atoms with Crippen LogP contribution in [0.15, 0.2) is 41.3 Å². The fraction of sp³-hybridized carbons (Fsp3) is 0.231. The molecular weight excluding hydrogens is 314 g/mol. The maximum atomic E-state index is 6.17. The van der Waals surface area contributed by atoms with Crippen molar-refractivity contribution in [2.75, 3.05) is 7.05 Å². The molecule has 0 saturated carbocycles. The third-order valence-corrected chi connectivity index (χ3v) is 3.42. The van der Waals surface area contributed by atoms with E-state index in [1.54, 1.807) is 12.4 Å². The Bertz CT molecular complexity index is 533. The number of nitrogens with one attached hydrogen (secondary N) is 1. The van der Waals surface area contributed by atoms with E-state index < -0.39 is 0 Å². The van der Waals surface area contributed by atoms with E-state index in [1.807, 2.05) is 31.4 Å². The molecule has 2 aromatic rings. The standard InChI is InChI=1S/C13H13BrClN3/c1-16-12(13-11(15)3-2-4-18-13)6-9-5-10(14)8-17-7-9/h2-5,7-8,12,16H,6H2,1H3. The fourth-order valence-corrected chi connectivity index (χ4v) is 2.46. The maximum absolute atomic E-state index is 6.17. The number of pyridine rings is 2. The van der Waals surface area contributed by atoms with Crippen LogP contribution in [0.3, 0.4) is 0 Å². The van der Waals surface area contributed by atoms with E-state index in [0.29, 0.717) is 5.02 Å². The van der Waals surface area contributed by atoms with Gasteiger partial charge in [-0.05, 0) is 53.2 Å². The van der Waals surface area contributed by atoms with E-state index in [0.717, 1.165) is 22.2 Å². The molecule has 1 N–H and O–H groups in total. The van der Waals surface area contributed by atoms with Crippen LogP contribution in [0.1, 0.15) is 17.3 Å². The Morgan fingerprint density at radius 3 is 2.94 bits per heavy atom. The van der Waals surface area contributed by atoms with Crippen LogP contribution in [0.25, 0.3) is 0 Å². The van der Waals surface area contributed by atoms with Crippen molar-refractivity contribution in [3.05, 3.63) is 57.5 Å². The molecule has 2 rings (SSSR count). The summed E-state index contributed by atoms with van der Waals surface area (Å²) in [7, 11) is 1.90. The van der Waals surface area contributed by atoms with Gasteiger partial charge in [-0.2, -0.15) is 0 Å². The molecule has 18 heavy (non-hydrogen) atoms. The number of hydrogen-bond donors (Lipinski definition) is 1.